The summed E-state index contributed by atoms with van der Waals surface area (Å²) in [5, 5.41) is 18.1. The number of hydrogen-bond acceptors (Lipinski definition) is 9. The van der Waals surface area contributed by atoms with E-state index in [9.17, 15) is 12.8 Å². The Morgan fingerprint density at radius 3 is 2.23 bits per heavy atom. The molecule has 2 aromatic rings. The molecule has 1 heterocycles. The molecule has 216 valence electrons. The zero-order valence-corrected chi connectivity index (χ0v) is 23.5. The lowest BCUT2D eigenvalue weighted by Crippen LogP contribution is -2.38. The smallest absolute Gasteiger partial charge is 0.414 e. The Morgan fingerprint density at radius 1 is 1.03 bits per heavy atom. The summed E-state index contributed by atoms with van der Waals surface area (Å²) >= 11 is 1.76. The largest absolute Gasteiger partial charge is 0.495 e. The molecule has 0 saturated carbocycles. The number of carboxylic acid groups (broad SMARTS) is 2. The van der Waals surface area contributed by atoms with E-state index in [0.29, 0.717) is 49.9 Å². The Balaban J connectivity index is 0.000000798. The number of halogens is 1. The van der Waals surface area contributed by atoms with Gasteiger partial charge in [0.05, 0.1) is 14.2 Å². The number of thioether (sulfide) groups is 1. The third-order valence-corrected chi connectivity index (χ3v) is 8.38. The lowest BCUT2D eigenvalue weighted by atomic mass is 10.1. The zero-order valence-electron chi connectivity index (χ0n) is 21.9. The molecule has 1 fully saturated rings. The number of carboxylic acids is 2. The maximum atomic E-state index is 13.4. The fourth-order valence-corrected chi connectivity index (χ4v) is 6.41. The molecular weight excluding hydrogens is 555 g/mol. The summed E-state index contributed by atoms with van der Waals surface area (Å²) in [6.07, 6.45) is 0.631. The van der Waals surface area contributed by atoms with E-state index in [4.69, 9.17) is 34.0 Å². The quantitative estimate of drug-likeness (QED) is 0.262. The Bertz CT molecular complexity index is 1210. The molecule has 1 saturated heterocycles. The minimum Gasteiger partial charge on any atom is -0.495 e. The van der Waals surface area contributed by atoms with E-state index in [1.807, 2.05) is 13.0 Å². The molecule has 1 aliphatic heterocycles. The van der Waals surface area contributed by atoms with Crippen molar-refractivity contribution in [2.45, 2.75) is 24.3 Å². The van der Waals surface area contributed by atoms with E-state index < -0.39 is 22.0 Å². The Labute approximate surface area is 231 Å². The predicted molar refractivity (Wildman–Crippen MR) is 144 cm³/mol. The molecule has 0 radical (unpaired) electrons. The van der Waals surface area contributed by atoms with Gasteiger partial charge in [-0.1, -0.05) is 6.07 Å². The molecule has 14 heteroatoms. The van der Waals surface area contributed by atoms with Gasteiger partial charge >= 0.3 is 11.9 Å². The molecule has 1 atom stereocenters. The Kier molecular flexibility index (Phi) is 12.8. The first-order valence-corrected chi connectivity index (χ1v) is 14.5. The van der Waals surface area contributed by atoms with Gasteiger partial charge in [0, 0.05) is 43.2 Å². The van der Waals surface area contributed by atoms with Crippen molar-refractivity contribution in [3.05, 3.63) is 47.8 Å². The van der Waals surface area contributed by atoms with Crippen molar-refractivity contribution in [1.82, 2.24) is 9.62 Å². The molecule has 0 amide bonds. The summed E-state index contributed by atoms with van der Waals surface area (Å²) in [5.41, 5.74) is 0.897. The van der Waals surface area contributed by atoms with Crippen LogP contribution in [0.3, 0.4) is 0 Å². The van der Waals surface area contributed by atoms with Crippen molar-refractivity contribution >= 4 is 33.7 Å². The standard InChI is InChI=1S/C23H31FN2O5S2.C2H2O4/c1-17(25-8-11-31-22-16-19(24)5-7-20(22)29-2)14-18-4-6-21(30-3)23(15-18)33(27,28)26-9-12-32-13-10-26;3-1(4)2(5)6/h4-7,15-17,25H,8-14H2,1-3H3;(H,3,4)(H,5,6). The van der Waals surface area contributed by atoms with Crippen LogP contribution < -0.4 is 19.5 Å². The molecule has 39 heavy (non-hydrogen) atoms. The summed E-state index contributed by atoms with van der Waals surface area (Å²) in [5.74, 6) is -1.25. The fraction of sp³-hybridized carbons (Fsp3) is 0.440. The number of rotatable bonds is 11. The molecule has 11 nitrogen and oxygen atoms in total. The maximum Gasteiger partial charge on any atom is 0.414 e. The van der Waals surface area contributed by atoms with Gasteiger partial charge in [-0.2, -0.15) is 16.1 Å². The van der Waals surface area contributed by atoms with Crippen molar-refractivity contribution in [2.24, 2.45) is 0 Å². The third kappa shape index (κ3) is 9.88. The van der Waals surface area contributed by atoms with Gasteiger partial charge in [0.1, 0.15) is 23.1 Å². The molecule has 0 bridgehead atoms. The second-order valence-electron chi connectivity index (χ2n) is 8.31. The van der Waals surface area contributed by atoms with E-state index >= 15 is 0 Å². The highest BCUT2D eigenvalue weighted by atomic mass is 32.2. The van der Waals surface area contributed by atoms with Gasteiger partial charge in [0.25, 0.3) is 0 Å². The molecule has 0 spiro atoms. The van der Waals surface area contributed by atoms with Crippen LogP contribution in [0.25, 0.3) is 0 Å². The number of benzene rings is 2. The number of hydrogen-bond donors (Lipinski definition) is 3. The normalized spacial score (nSPS) is 14.5. The molecule has 1 aliphatic rings. The molecule has 2 aromatic carbocycles. The molecule has 3 N–H and O–H groups in total. The van der Waals surface area contributed by atoms with Crippen LogP contribution in [0.4, 0.5) is 4.39 Å². The van der Waals surface area contributed by atoms with Crippen LogP contribution in [0.2, 0.25) is 0 Å². The van der Waals surface area contributed by atoms with Gasteiger partial charge in [-0.3, -0.25) is 0 Å². The SMILES string of the molecule is COc1ccc(F)cc1OCCNC(C)Cc1ccc(OC)c(S(=O)(=O)N2CCSCC2)c1.O=C(O)C(=O)O. The van der Waals surface area contributed by atoms with Crippen LogP contribution in [0.1, 0.15) is 12.5 Å². The highest BCUT2D eigenvalue weighted by molar-refractivity contribution is 7.99. The number of nitrogens with zero attached hydrogens (tertiary/aromatic N) is 1. The minimum atomic E-state index is -3.61. The summed E-state index contributed by atoms with van der Waals surface area (Å²) in [6.45, 7) is 3.90. The Hall–Kier alpha value is -3.07. The first-order valence-electron chi connectivity index (χ1n) is 11.9. The topological polar surface area (TPSA) is 152 Å². The van der Waals surface area contributed by atoms with Gasteiger partial charge in [-0.05, 0) is 43.2 Å². The average molecular weight is 589 g/mol. The maximum absolute atomic E-state index is 13.4. The Morgan fingerprint density at radius 2 is 1.64 bits per heavy atom. The summed E-state index contributed by atoms with van der Waals surface area (Å²) in [6, 6.07) is 9.52. The van der Waals surface area contributed by atoms with Crippen LogP contribution in [0, 0.1) is 5.82 Å². The van der Waals surface area contributed by atoms with E-state index in [1.165, 1.54) is 36.7 Å². The highest BCUT2D eigenvalue weighted by Gasteiger charge is 2.29. The summed E-state index contributed by atoms with van der Waals surface area (Å²) < 4.78 is 57.5. The van der Waals surface area contributed by atoms with Crippen LogP contribution >= 0.6 is 11.8 Å². The van der Waals surface area contributed by atoms with Gasteiger partial charge in [-0.15, -0.1) is 0 Å². The lowest BCUT2D eigenvalue weighted by molar-refractivity contribution is -0.159. The summed E-state index contributed by atoms with van der Waals surface area (Å²) in [4.78, 5) is 18.4. The monoisotopic (exact) mass is 588 g/mol. The molecule has 1 unspecified atom stereocenters. The second-order valence-corrected chi connectivity index (χ2v) is 11.4. The van der Waals surface area contributed by atoms with Crippen LogP contribution in [0.5, 0.6) is 17.2 Å². The zero-order chi connectivity index (χ0) is 29.0. The lowest BCUT2D eigenvalue weighted by Gasteiger charge is -2.26. The first-order chi connectivity index (χ1) is 18.5. The molecular formula is C25H33FN2O9S2. The number of ether oxygens (including phenoxy) is 3. The fourth-order valence-electron chi connectivity index (χ4n) is 3.63. The molecule has 0 aliphatic carbocycles. The van der Waals surface area contributed by atoms with E-state index in [2.05, 4.69) is 5.32 Å². The minimum absolute atomic E-state index is 0.0679. The van der Waals surface area contributed by atoms with Crippen LogP contribution in [-0.2, 0) is 26.0 Å². The molecule has 0 aromatic heterocycles. The van der Waals surface area contributed by atoms with E-state index in [1.54, 1.807) is 23.9 Å². The van der Waals surface area contributed by atoms with Gasteiger partial charge in [-0.25, -0.2) is 22.4 Å². The van der Waals surface area contributed by atoms with Crippen molar-refractivity contribution in [3.8, 4) is 17.2 Å². The first kappa shape index (κ1) is 32.1. The molecule has 3 rings (SSSR count). The average Bonchev–Trinajstić information content (AvgIpc) is 2.92. The number of carbonyl (C=O) groups is 2. The van der Waals surface area contributed by atoms with Gasteiger partial charge in [0.15, 0.2) is 11.5 Å². The van der Waals surface area contributed by atoms with Crippen molar-refractivity contribution in [1.29, 1.82) is 0 Å². The van der Waals surface area contributed by atoms with Crippen molar-refractivity contribution in [2.75, 3.05) is 52.0 Å². The van der Waals surface area contributed by atoms with E-state index in [-0.39, 0.29) is 16.8 Å². The van der Waals surface area contributed by atoms with E-state index in [0.717, 1.165) is 17.1 Å². The number of aliphatic carboxylic acids is 2. The van der Waals surface area contributed by atoms with Crippen LogP contribution in [-0.4, -0.2) is 92.9 Å². The second kappa shape index (κ2) is 15.5. The number of methoxy groups -OCH3 is 2. The highest BCUT2D eigenvalue weighted by Crippen LogP contribution is 2.30. The number of nitrogens with one attached hydrogen (secondary N) is 1. The summed E-state index contributed by atoms with van der Waals surface area (Å²) in [7, 11) is -0.621. The third-order valence-electron chi connectivity index (χ3n) is 5.52. The van der Waals surface area contributed by atoms with Crippen molar-refractivity contribution < 1.29 is 46.8 Å². The van der Waals surface area contributed by atoms with Gasteiger partial charge < -0.3 is 29.7 Å². The van der Waals surface area contributed by atoms with Crippen LogP contribution in [0.15, 0.2) is 41.3 Å². The predicted octanol–water partition coefficient (Wildman–Crippen LogP) is 2.34. The van der Waals surface area contributed by atoms with Crippen molar-refractivity contribution in [3.63, 3.8) is 0 Å². The van der Waals surface area contributed by atoms with Gasteiger partial charge in [0.2, 0.25) is 10.0 Å². The number of sulfonamides is 1.